The van der Waals surface area contributed by atoms with Crippen LogP contribution in [0.4, 0.5) is 0 Å². The average molecular weight is 481 g/mol. The van der Waals surface area contributed by atoms with Gasteiger partial charge in [0.1, 0.15) is 6.54 Å². The van der Waals surface area contributed by atoms with Crippen LogP contribution in [0.2, 0.25) is 0 Å². The molecule has 0 fully saturated rings. The summed E-state index contributed by atoms with van der Waals surface area (Å²) in [6, 6.07) is 11.0. The zero-order valence-electron chi connectivity index (χ0n) is 23.7. The van der Waals surface area contributed by atoms with E-state index in [4.69, 9.17) is 0 Å². The van der Waals surface area contributed by atoms with Crippen molar-refractivity contribution in [2.24, 2.45) is 0 Å². The van der Waals surface area contributed by atoms with Crippen molar-refractivity contribution < 1.29 is 4.48 Å². The van der Waals surface area contributed by atoms with Crippen molar-refractivity contribution in [2.45, 2.75) is 123 Å². The highest BCUT2D eigenvalue weighted by Gasteiger charge is 2.20. The van der Waals surface area contributed by atoms with Gasteiger partial charge in [-0.25, -0.2) is 0 Å². The Morgan fingerprint density at radius 2 is 1.09 bits per heavy atom. The molecular weight excluding hydrogens is 422 g/mol. The van der Waals surface area contributed by atoms with Crippen LogP contribution in [0, 0.1) is 0 Å². The SMILES string of the molecule is C/C=C/C=C/C=C/C[N+](C)(CCCCCCCCCCCCCCCCCC)Cc1ccccc1. The highest BCUT2D eigenvalue weighted by molar-refractivity contribution is 5.14. The zero-order valence-corrected chi connectivity index (χ0v) is 23.7. The van der Waals surface area contributed by atoms with Gasteiger partial charge in [-0.2, -0.15) is 0 Å². The molecule has 0 N–H and O–H groups in total. The minimum absolute atomic E-state index is 1.09. The molecule has 1 aromatic rings. The molecule has 1 nitrogen and oxygen atoms in total. The number of benzene rings is 1. The molecule has 0 aliphatic rings. The molecule has 1 heteroatoms. The minimum Gasteiger partial charge on any atom is -0.319 e. The van der Waals surface area contributed by atoms with Crippen molar-refractivity contribution in [1.82, 2.24) is 0 Å². The van der Waals surface area contributed by atoms with Crippen LogP contribution in [-0.2, 0) is 6.54 Å². The zero-order chi connectivity index (χ0) is 25.3. The summed E-state index contributed by atoms with van der Waals surface area (Å²) in [5.74, 6) is 0. The lowest BCUT2D eigenvalue weighted by molar-refractivity contribution is -0.917. The summed E-state index contributed by atoms with van der Waals surface area (Å²) in [5, 5.41) is 0. The lowest BCUT2D eigenvalue weighted by Crippen LogP contribution is -2.44. The number of hydrogen-bond donors (Lipinski definition) is 0. The first-order valence-electron chi connectivity index (χ1n) is 15.0. The fraction of sp³-hybridized carbons (Fsp3) is 0.647. The standard InChI is InChI=1S/C34H58N/c1-4-6-8-10-12-13-14-15-16-17-18-19-20-21-23-28-32-35(3,31-27-22-11-9-7-5-2)33-34-29-25-24-26-30-34/h5,7,9,11,22,24-27,29-30H,4,6,8,10,12-21,23,28,31-33H2,1-3H3/q+1/b7-5+,11-9+,27-22+. The van der Waals surface area contributed by atoms with E-state index in [1.54, 1.807) is 0 Å². The molecule has 0 aliphatic carbocycles. The van der Waals surface area contributed by atoms with Gasteiger partial charge in [-0.05, 0) is 25.8 Å². The fourth-order valence-corrected chi connectivity index (χ4v) is 4.93. The largest absolute Gasteiger partial charge is 0.319 e. The third kappa shape index (κ3) is 19.3. The molecule has 0 aliphatic heterocycles. The maximum atomic E-state index is 2.43. The number of hydrogen-bond acceptors (Lipinski definition) is 0. The Bertz CT molecular complexity index is 656. The quantitative estimate of drug-likeness (QED) is 0.0829. The number of nitrogens with zero attached hydrogens (tertiary/aromatic N) is 1. The second kappa shape index (κ2) is 22.8. The first-order valence-corrected chi connectivity index (χ1v) is 15.0. The molecule has 35 heavy (non-hydrogen) atoms. The number of allylic oxidation sites excluding steroid dienone is 5. The van der Waals surface area contributed by atoms with Crippen molar-refractivity contribution in [3.05, 3.63) is 72.4 Å². The summed E-state index contributed by atoms with van der Waals surface area (Å²) in [5.41, 5.74) is 1.45. The molecule has 0 saturated carbocycles. The summed E-state index contributed by atoms with van der Waals surface area (Å²) < 4.78 is 1.09. The summed E-state index contributed by atoms with van der Waals surface area (Å²) >= 11 is 0. The van der Waals surface area contributed by atoms with Crippen LogP contribution in [0.25, 0.3) is 0 Å². The van der Waals surface area contributed by atoms with Gasteiger partial charge in [0, 0.05) is 5.56 Å². The number of quaternary nitrogens is 1. The van der Waals surface area contributed by atoms with Gasteiger partial charge in [-0.1, -0.05) is 158 Å². The van der Waals surface area contributed by atoms with Gasteiger partial charge in [0.05, 0.1) is 20.1 Å². The van der Waals surface area contributed by atoms with Crippen LogP contribution < -0.4 is 0 Å². The molecule has 0 aromatic heterocycles. The van der Waals surface area contributed by atoms with Crippen molar-refractivity contribution in [3.63, 3.8) is 0 Å². The predicted octanol–water partition coefficient (Wildman–Crippen LogP) is 10.6. The van der Waals surface area contributed by atoms with E-state index in [1.165, 1.54) is 115 Å². The molecule has 0 heterocycles. The number of unbranched alkanes of at least 4 members (excludes halogenated alkanes) is 15. The molecule has 1 rings (SSSR count). The Labute approximate surface area is 220 Å². The molecule has 0 spiro atoms. The van der Waals surface area contributed by atoms with Crippen molar-refractivity contribution >= 4 is 0 Å². The molecule has 1 aromatic carbocycles. The van der Waals surface area contributed by atoms with Crippen molar-refractivity contribution in [3.8, 4) is 0 Å². The normalized spacial score (nSPS) is 13.9. The Kier molecular flexibility index (Phi) is 20.5. The fourth-order valence-electron chi connectivity index (χ4n) is 4.93. The highest BCUT2D eigenvalue weighted by Crippen LogP contribution is 2.17. The van der Waals surface area contributed by atoms with Crippen LogP contribution in [0.1, 0.15) is 122 Å². The summed E-state index contributed by atoms with van der Waals surface area (Å²) in [6.45, 7) is 7.82. The number of likely N-dealkylation sites (N-methyl/N-ethyl adjacent to an activating group) is 1. The highest BCUT2D eigenvalue weighted by atomic mass is 15.3. The smallest absolute Gasteiger partial charge is 0.104 e. The molecule has 0 saturated heterocycles. The van der Waals surface area contributed by atoms with E-state index in [9.17, 15) is 0 Å². The summed E-state index contributed by atoms with van der Waals surface area (Å²) in [6.07, 6.45) is 35.9. The molecule has 0 radical (unpaired) electrons. The Hall–Kier alpha value is -1.60. The van der Waals surface area contributed by atoms with E-state index >= 15 is 0 Å². The van der Waals surface area contributed by atoms with Gasteiger partial charge < -0.3 is 4.48 Å². The van der Waals surface area contributed by atoms with Crippen LogP contribution in [0.3, 0.4) is 0 Å². The van der Waals surface area contributed by atoms with Crippen LogP contribution in [-0.4, -0.2) is 24.6 Å². The Morgan fingerprint density at radius 1 is 0.600 bits per heavy atom. The lowest BCUT2D eigenvalue weighted by atomic mass is 10.0. The van der Waals surface area contributed by atoms with Gasteiger partial charge in [0.2, 0.25) is 0 Å². The summed E-state index contributed by atoms with van der Waals surface area (Å²) in [7, 11) is 2.43. The van der Waals surface area contributed by atoms with E-state index in [0.717, 1.165) is 17.6 Å². The third-order valence-corrected chi connectivity index (χ3v) is 7.17. The Balaban J connectivity index is 2.14. The molecular formula is C34H58N+. The molecule has 198 valence electrons. The van der Waals surface area contributed by atoms with E-state index < -0.39 is 0 Å². The predicted molar refractivity (Wildman–Crippen MR) is 159 cm³/mol. The first kappa shape index (κ1) is 31.4. The van der Waals surface area contributed by atoms with Gasteiger partial charge in [-0.15, -0.1) is 0 Å². The molecule has 0 bridgehead atoms. The minimum atomic E-state index is 1.09. The third-order valence-electron chi connectivity index (χ3n) is 7.17. The molecule has 1 atom stereocenters. The average Bonchev–Trinajstić information content (AvgIpc) is 2.86. The number of rotatable bonds is 23. The van der Waals surface area contributed by atoms with E-state index in [0.29, 0.717) is 0 Å². The monoisotopic (exact) mass is 480 g/mol. The Morgan fingerprint density at radius 3 is 1.60 bits per heavy atom. The van der Waals surface area contributed by atoms with E-state index in [1.807, 2.05) is 0 Å². The van der Waals surface area contributed by atoms with Crippen LogP contribution in [0.5, 0.6) is 0 Å². The van der Waals surface area contributed by atoms with Gasteiger partial charge in [-0.3, -0.25) is 0 Å². The lowest BCUT2D eigenvalue weighted by Gasteiger charge is -2.34. The molecule has 1 unspecified atom stereocenters. The van der Waals surface area contributed by atoms with Crippen LogP contribution >= 0.6 is 0 Å². The second-order valence-electron chi connectivity index (χ2n) is 10.8. The van der Waals surface area contributed by atoms with Gasteiger partial charge in [0.25, 0.3) is 0 Å². The maximum absolute atomic E-state index is 2.43. The van der Waals surface area contributed by atoms with Crippen LogP contribution in [0.15, 0.2) is 66.8 Å². The topological polar surface area (TPSA) is 0 Å². The second-order valence-corrected chi connectivity index (χ2v) is 10.8. The van der Waals surface area contributed by atoms with E-state index in [2.05, 4.69) is 87.7 Å². The van der Waals surface area contributed by atoms with Crippen molar-refractivity contribution in [1.29, 1.82) is 0 Å². The summed E-state index contributed by atoms with van der Waals surface area (Å²) in [4.78, 5) is 0. The van der Waals surface area contributed by atoms with Crippen molar-refractivity contribution in [2.75, 3.05) is 20.1 Å². The first-order chi connectivity index (χ1) is 17.2. The van der Waals surface area contributed by atoms with Gasteiger partial charge in [0.15, 0.2) is 0 Å². The molecule has 0 amide bonds. The maximum Gasteiger partial charge on any atom is 0.104 e. The van der Waals surface area contributed by atoms with Gasteiger partial charge >= 0.3 is 0 Å². The van der Waals surface area contributed by atoms with E-state index in [-0.39, 0.29) is 0 Å².